The first-order valence-electron chi connectivity index (χ1n) is 6.71. The van der Waals surface area contributed by atoms with Gasteiger partial charge in [-0.2, -0.15) is 11.3 Å². The van der Waals surface area contributed by atoms with E-state index in [0.717, 1.165) is 22.7 Å². The Labute approximate surface area is 138 Å². The molecule has 0 saturated heterocycles. The van der Waals surface area contributed by atoms with Crippen molar-refractivity contribution in [2.45, 2.75) is 12.8 Å². The lowest BCUT2D eigenvalue weighted by Gasteiger charge is -2.02. The van der Waals surface area contributed by atoms with Gasteiger partial charge in [-0.05, 0) is 35.6 Å². The van der Waals surface area contributed by atoms with Gasteiger partial charge in [0, 0.05) is 17.4 Å². The van der Waals surface area contributed by atoms with Gasteiger partial charge in [-0.3, -0.25) is 4.79 Å². The van der Waals surface area contributed by atoms with Gasteiger partial charge in [0.1, 0.15) is 5.01 Å². The number of carbonyl (C=O) groups is 1. The van der Waals surface area contributed by atoms with Crippen LogP contribution in [0.2, 0.25) is 0 Å². The quantitative estimate of drug-likeness (QED) is 0.752. The fourth-order valence-electron chi connectivity index (χ4n) is 1.91. The van der Waals surface area contributed by atoms with Crippen molar-refractivity contribution in [2.75, 3.05) is 5.32 Å². The average molecular weight is 351 g/mol. The van der Waals surface area contributed by atoms with Gasteiger partial charge < -0.3 is 5.32 Å². The van der Waals surface area contributed by atoms with Gasteiger partial charge in [-0.1, -0.05) is 17.4 Å². The number of thiophene rings is 1. The van der Waals surface area contributed by atoms with E-state index in [-0.39, 0.29) is 12.3 Å². The number of halogens is 2. The maximum Gasteiger partial charge on any atom is 0.226 e. The van der Waals surface area contributed by atoms with Crippen LogP contribution in [0.4, 0.5) is 13.9 Å². The molecule has 1 amide bonds. The summed E-state index contributed by atoms with van der Waals surface area (Å²) in [5, 5.41) is 15.7. The highest BCUT2D eigenvalue weighted by molar-refractivity contribution is 7.19. The summed E-state index contributed by atoms with van der Waals surface area (Å²) in [5.41, 5.74) is 1.53. The first-order valence-corrected chi connectivity index (χ1v) is 8.47. The molecule has 1 aromatic carbocycles. The third-order valence-corrected chi connectivity index (χ3v) is 4.64. The molecule has 0 fully saturated rings. The van der Waals surface area contributed by atoms with Gasteiger partial charge in [0.25, 0.3) is 0 Å². The van der Waals surface area contributed by atoms with E-state index in [4.69, 9.17) is 0 Å². The number of rotatable bonds is 5. The molecule has 2 heterocycles. The lowest BCUT2D eigenvalue weighted by Crippen LogP contribution is -2.12. The molecule has 2 aromatic heterocycles. The van der Waals surface area contributed by atoms with Crippen LogP contribution in [0.3, 0.4) is 0 Å². The van der Waals surface area contributed by atoms with Gasteiger partial charge in [0.15, 0.2) is 11.6 Å². The van der Waals surface area contributed by atoms with Crippen molar-refractivity contribution in [3.63, 3.8) is 0 Å². The van der Waals surface area contributed by atoms with Crippen molar-refractivity contribution in [1.29, 1.82) is 0 Å². The van der Waals surface area contributed by atoms with E-state index in [2.05, 4.69) is 15.5 Å². The molecule has 3 rings (SSSR count). The third-order valence-electron chi connectivity index (χ3n) is 3.06. The molecular formula is C15H11F2N3OS2. The van der Waals surface area contributed by atoms with E-state index < -0.39 is 11.6 Å². The lowest BCUT2D eigenvalue weighted by molar-refractivity contribution is -0.116. The molecule has 0 aliphatic rings. The van der Waals surface area contributed by atoms with Crippen LogP contribution in [0.15, 0.2) is 35.0 Å². The highest BCUT2D eigenvalue weighted by atomic mass is 32.1. The average Bonchev–Trinajstić information content (AvgIpc) is 3.19. The van der Waals surface area contributed by atoms with Crippen LogP contribution in [0.25, 0.3) is 10.6 Å². The van der Waals surface area contributed by atoms with Gasteiger partial charge >= 0.3 is 0 Å². The van der Waals surface area contributed by atoms with Gasteiger partial charge in [-0.15, -0.1) is 10.2 Å². The Balaban J connectivity index is 1.56. The Morgan fingerprint density at radius 3 is 2.78 bits per heavy atom. The predicted octanol–water partition coefficient (Wildman–Crippen LogP) is 4.12. The number of nitrogens with zero attached hydrogens (tertiary/aromatic N) is 2. The Kier molecular flexibility index (Phi) is 4.73. The Morgan fingerprint density at radius 1 is 1.17 bits per heavy atom. The van der Waals surface area contributed by atoms with Crippen molar-refractivity contribution in [3.05, 3.63) is 52.2 Å². The highest BCUT2D eigenvalue weighted by Crippen LogP contribution is 2.27. The fourth-order valence-corrected chi connectivity index (χ4v) is 3.38. The first kappa shape index (κ1) is 15.7. The maximum atomic E-state index is 13.1. The summed E-state index contributed by atoms with van der Waals surface area (Å²) in [7, 11) is 0. The Morgan fingerprint density at radius 2 is 2.04 bits per heavy atom. The molecule has 0 spiro atoms. The zero-order chi connectivity index (χ0) is 16.2. The van der Waals surface area contributed by atoms with Crippen molar-refractivity contribution < 1.29 is 13.6 Å². The minimum atomic E-state index is -0.910. The maximum absolute atomic E-state index is 13.1. The van der Waals surface area contributed by atoms with Crippen LogP contribution < -0.4 is 5.32 Å². The normalized spacial score (nSPS) is 10.7. The standard InChI is InChI=1S/C15H11F2N3OS2/c16-11-3-1-9(7-12(11)17)2-4-13(21)18-15-20-19-14(23-15)10-5-6-22-8-10/h1,3,5-8H,2,4H2,(H,18,20,21). The fraction of sp³-hybridized carbons (Fsp3) is 0.133. The van der Waals surface area contributed by atoms with E-state index in [0.29, 0.717) is 17.1 Å². The van der Waals surface area contributed by atoms with Crippen LogP contribution in [0.1, 0.15) is 12.0 Å². The first-order chi connectivity index (χ1) is 11.1. The summed E-state index contributed by atoms with van der Waals surface area (Å²) in [6, 6.07) is 5.55. The van der Waals surface area contributed by atoms with Crippen molar-refractivity contribution in [3.8, 4) is 10.6 Å². The molecule has 0 atom stereocenters. The SMILES string of the molecule is O=C(CCc1ccc(F)c(F)c1)Nc1nnc(-c2ccsc2)s1. The second-order valence-corrected chi connectivity index (χ2v) is 6.48. The molecular weight excluding hydrogens is 340 g/mol. The number of amides is 1. The molecule has 0 aliphatic heterocycles. The van der Waals surface area contributed by atoms with Crippen molar-refractivity contribution in [1.82, 2.24) is 10.2 Å². The van der Waals surface area contributed by atoms with Crippen LogP contribution >= 0.6 is 22.7 Å². The second-order valence-electron chi connectivity index (χ2n) is 4.72. The van der Waals surface area contributed by atoms with Crippen LogP contribution in [0, 0.1) is 11.6 Å². The summed E-state index contributed by atoms with van der Waals surface area (Å²) >= 11 is 2.85. The number of nitrogens with one attached hydrogen (secondary N) is 1. The zero-order valence-electron chi connectivity index (χ0n) is 11.8. The molecule has 0 bridgehead atoms. The van der Waals surface area contributed by atoms with E-state index >= 15 is 0 Å². The number of hydrogen-bond acceptors (Lipinski definition) is 5. The molecule has 0 radical (unpaired) electrons. The smallest absolute Gasteiger partial charge is 0.226 e. The molecule has 118 valence electrons. The molecule has 23 heavy (non-hydrogen) atoms. The van der Waals surface area contributed by atoms with Gasteiger partial charge in [-0.25, -0.2) is 8.78 Å². The van der Waals surface area contributed by atoms with Gasteiger partial charge in [0.05, 0.1) is 0 Å². The monoisotopic (exact) mass is 351 g/mol. The molecule has 8 heteroatoms. The summed E-state index contributed by atoms with van der Waals surface area (Å²) in [6.07, 6.45) is 0.470. The zero-order valence-corrected chi connectivity index (χ0v) is 13.4. The molecule has 0 aliphatic carbocycles. The predicted molar refractivity (Wildman–Crippen MR) is 86.5 cm³/mol. The number of anilines is 1. The van der Waals surface area contributed by atoms with E-state index in [9.17, 15) is 13.6 Å². The summed E-state index contributed by atoms with van der Waals surface area (Å²) < 4.78 is 25.9. The van der Waals surface area contributed by atoms with Crippen LogP contribution in [-0.2, 0) is 11.2 Å². The van der Waals surface area contributed by atoms with E-state index in [1.807, 2.05) is 16.8 Å². The Bertz CT molecular complexity index is 818. The van der Waals surface area contributed by atoms with Crippen molar-refractivity contribution in [2.24, 2.45) is 0 Å². The topological polar surface area (TPSA) is 54.9 Å². The Hall–Kier alpha value is -2.19. The van der Waals surface area contributed by atoms with Crippen LogP contribution in [0.5, 0.6) is 0 Å². The van der Waals surface area contributed by atoms with Crippen molar-refractivity contribution >= 4 is 33.7 Å². The molecule has 0 saturated carbocycles. The second kappa shape index (κ2) is 6.93. The minimum Gasteiger partial charge on any atom is -0.301 e. The highest BCUT2D eigenvalue weighted by Gasteiger charge is 2.10. The third kappa shape index (κ3) is 3.96. The molecule has 1 N–H and O–H groups in total. The number of carbonyl (C=O) groups excluding carboxylic acids is 1. The number of benzene rings is 1. The summed E-state index contributed by atoms with van der Waals surface area (Å²) in [6.45, 7) is 0. The number of aryl methyl sites for hydroxylation is 1. The molecule has 4 nitrogen and oxygen atoms in total. The number of aromatic nitrogens is 2. The summed E-state index contributed by atoms with van der Waals surface area (Å²) in [5.74, 6) is -2.05. The number of hydrogen-bond donors (Lipinski definition) is 1. The van der Waals surface area contributed by atoms with E-state index in [1.165, 1.54) is 17.4 Å². The minimum absolute atomic E-state index is 0.151. The summed E-state index contributed by atoms with van der Waals surface area (Å²) in [4.78, 5) is 11.9. The lowest BCUT2D eigenvalue weighted by atomic mass is 10.1. The van der Waals surface area contributed by atoms with Crippen LogP contribution in [-0.4, -0.2) is 16.1 Å². The van der Waals surface area contributed by atoms with E-state index in [1.54, 1.807) is 11.3 Å². The largest absolute Gasteiger partial charge is 0.301 e. The molecule has 3 aromatic rings. The van der Waals surface area contributed by atoms with Gasteiger partial charge in [0.2, 0.25) is 11.0 Å². The molecule has 0 unspecified atom stereocenters.